The minimum absolute atomic E-state index is 0.909. The van der Waals surface area contributed by atoms with Crippen LogP contribution >= 0.6 is 0 Å². The molecule has 0 amide bonds. The van der Waals surface area contributed by atoms with E-state index in [0.29, 0.717) is 0 Å². The Morgan fingerprint density at radius 1 is 0.923 bits per heavy atom. The SMILES string of the molecule is C=C1c2cc(N3CCCC3)ccc2CN1c1ccc2c(c1)cc(C)n2C. The Morgan fingerprint density at radius 3 is 2.50 bits per heavy atom. The first-order chi connectivity index (χ1) is 12.6. The summed E-state index contributed by atoms with van der Waals surface area (Å²) < 4.78 is 2.25. The molecule has 0 spiro atoms. The van der Waals surface area contributed by atoms with Crippen LogP contribution in [0.5, 0.6) is 0 Å². The van der Waals surface area contributed by atoms with Crippen LogP contribution in [0, 0.1) is 6.92 Å². The lowest BCUT2D eigenvalue weighted by atomic mass is 10.1. The highest BCUT2D eigenvalue weighted by atomic mass is 15.2. The first-order valence-electron chi connectivity index (χ1n) is 9.52. The second-order valence-corrected chi connectivity index (χ2v) is 7.66. The van der Waals surface area contributed by atoms with Crippen LogP contribution in [0.15, 0.2) is 49.0 Å². The number of fused-ring (bicyclic) bond motifs is 2. The van der Waals surface area contributed by atoms with Gasteiger partial charge in [0, 0.05) is 65.9 Å². The van der Waals surface area contributed by atoms with E-state index in [0.717, 1.165) is 12.2 Å². The average Bonchev–Trinajstić information content (AvgIpc) is 3.35. The summed E-state index contributed by atoms with van der Waals surface area (Å²) in [6.07, 6.45) is 2.61. The highest BCUT2D eigenvalue weighted by molar-refractivity contribution is 5.90. The number of rotatable bonds is 2. The fraction of sp³-hybridized carbons (Fsp3) is 0.304. The molecule has 1 aromatic heterocycles. The molecule has 1 fully saturated rings. The summed E-state index contributed by atoms with van der Waals surface area (Å²) in [4.78, 5) is 4.84. The molecule has 3 aromatic rings. The lowest BCUT2D eigenvalue weighted by Gasteiger charge is -2.20. The van der Waals surface area contributed by atoms with E-state index in [9.17, 15) is 0 Å². The normalized spacial score (nSPS) is 16.8. The number of aromatic nitrogens is 1. The largest absolute Gasteiger partial charge is 0.372 e. The molecule has 132 valence electrons. The van der Waals surface area contributed by atoms with E-state index in [1.807, 2.05) is 0 Å². The van der Waals surface area contributed by atoms with Gasteiger partial charge >= 0.3 is 0 Å². The van der Waals surface area contributed by atoms with Gasteiger partial charge in [0.25, 0.3) is 0 Å². The van der Waals surface area contributed by atoms with Gasteiger partial charge in [-0.25, -0.2) is 0 Å². The highest BCUT2D eigenvalue weighted by Gasteiger charge is 2.25. The average molecular weight is 343 g/mol. The number of hydrogen-bond acceptors (Lipinski definition) is 2. The number of anilines is 2. The van der Waals surface area contributed by atoms with Gasteiger partial charge in [-0.3, -0.25) is 0 Å². The Morgan fingerprint density at radius 2 is 1.69 bits per heavy atom. The molecular weight excluding hydrogens is 318 g/mol. The van der Waals surface area contributed by atoms with E-state index in [4.69, 9.17) is 0 Å². The number of hydrogen-bond donors (Lipinski definition) is 0. The van der Waals surface area contributed by atoms with Crippen molar-refractivity contribution in [2.75, 3.05) is 22.9 Å². The molecule has 2 aliphatic rings. The summed E-state index contributed by atoms with van der Waals surface area (Å²) in [6, 6.07) is 15.9. The Balaban J connectivity index is 1.50. The summed E-state index contributed by atoms with van der Waals surface area (Å²) in [5.74, 6) is 0. The zero-order valence-electron chi connectivity index (χ0n) is 15.6. The molecule has 2 aromatic carbocycles. The van der Waals surface area contributed by atoms with Crippen molar-refractivity contribution in [2.24, 2.45) is 7.05 Å². The number of benzene rings is 2. The second kappa shape index (κ2) is 5.66. The van der Waals surface area contributed by atoms with Gasteiger partial charge in [-0.05, 0) is 61.7 Å². The topological polar surface area (TPSA) is 11.4 Å². The third kappa shape index (κ3) is 2.27. The van der Waals surface area contributed by atoms with Crippen molar-refractivity contribution in [2.45, 2.75) is 26.3 Å². The van der Waals surface area contributed by atoms with Gasteiger partial charge in [-0.2, -0.15) is 0 Å². The van der Waals surface area contributed by atoms with Crippen molar-refractivity contribution in [3.63, 3.8) is 0 Å². The molecule has 0 saturated carbocycles. The van der Waals surface area contributed by atoms with Crippen molar-refractivity contribution in [3.05, 3.63) is 65.9 Å². The minimum atomic E-state index is 0.909. The molecule has 0 bridgehead atoms. The van der Waals surface area contributed by atoms with Crippen molar-refractivity contribution in [1.29, 1.82) is 0 Å². The van der Waals surface area contributed by atoms with Gasteiger partial charge in [0.2, 0.25) is 0 Å². The molecule has 26 heavy (non-hydrogen) atoms. The lowest BCUT2D eigenvalue weighted by molar-refractivity contribution is 0.918. The van der Waals surface area contributed by atoms with Crippen LogP contribution < -0.4 is 9.80 Å². The van der Waals surface area contributed by atoms with Crippen molar-refractivity contribution in [3.8, 4) is 0 Å². The summed E-state index contributed by atoms with van der Waals surface area (Å²) in [7, 11) is 2.13. The van der Waals surface area contributed by atoms with Crippen LogP contribution in [0.3, 0.4) is 0 Å². The van der Waals surface area contributed by atoms with E-state index in [1.54, 1.807) is 0 Å². The minimum Gasteiger partial charge on any atom is -0.372 e. The van der Waals surface area contributed by atoms with Gasteiger partial charge in [0.15, 0.2) is 0 Å². The third-order valence-corrected chi connectivity index (χ3v) is 6.11. The van der Waals surface area contributed by atoms with E-state index in [2.05, 4.69) is 77.4 Å². The smallest absolute Gasteiger partial charge is 0.0488 e. The predicted molar refractivity (Wildman–Crippen MR) is 111 cm³/mol. The zero-order chi connectivity index (χ0) is 17.8. The standard InChI is InChI=1S/C23H25N3/c1-16-12-19-13-21(8-9-23(19)24(16)3)26-15-18-6-7-20(14-22(18)17(26)2)25-10-4-5-11-25/h6-9,12-14H,2,4-5,10-11,15H2,1,3H3. The predicted octanol–water partition coefficient (Wildman–Crippen LogP) is 5.08. The third-order valence-electron chi connectivity index (χ3n) is 6.11. The van der Waals surface area contributed by atoms with Crippen molar-refractivity contribution >= 4 is 28.0 Å². The Bertz CT molecular complexity index is 1020. The summed E-state index contributed by atoms with van der Waals surface area (Å²) in [5, 5.41) is 1.30. The number of nitrogens with zero attached hydrogens (tertiary/aromatic N) is 3. The molecule has 5 rings (SSSR count). The Hall–Kier alpha value is -2.68. The van der Waals surface area contributed by atoms with E-state index in [1.165, 1.54) is 65.0 Å². The molecule has 0 aliphatic carbocycles. The molecule has 0 N–H and O–H groups in total. The second-order valence-electron chi connectivity index (χ2n) is 7.66. The molecule has 3 heterocycles. The van der Waals surface area contributed by atoms with Crippen LogP contribution in [0.1, 0.15) is 29.7 Å². The Kier molecular flexibility index (Phi) is 3.39. The van der Waals surface area contributed by atoms with Gasteiger partial charge in [-0.15, -0.1) is 0 Å². The maximum atomic E-state index is 4.43. The van der Waals surface area contributed by atoms with Gasteiger partial charge in [0.1, 0.15) is 0 Å². The fourth-order valence-electron chi connectivity index (χ4n) is 4.44. The van der Waals surface area contributed by atoms with Gasteiger partial charge in [0.05, 0.1) is 0 Å². The monoisotopic (exact) mass is 343 g/mol. The molecular formula is C23H25N3. The van der Waals surface area contributed by atoms with Gasteiger partial charge in [-0.1, -0.05) is 12.6 Å². The Labute approximate surface area is 155 Å². The molecule has 3 heteroatoms. The van der Waals surface area contributed by atoms with Crippen molar-refractivity contribution < 1.29 is 0 Å². The van der Waals surface area contributed by atoms with Crippen molar-refractivity contribution in [1.82, 2.24) is 4.57 Å². The molecule has 0 atom stereocenters. The van der Waals surface area contributed by atoms with Crippen LogP contribution in [0.2, 0.25) is 0 Å². The first-order valence-corrected chi connectivity index (χ1v) is 9.52. The molecule has 0 unspecified atom stereocenters. The number of aryl methyl sites for hydroxylation is 2. The molecule has 2 aliphatic heterocycles. The van der Waals surface area contributed by atoms with E-state index >= 15 is 0 Å². The highest BCUT2D eigenvalue weighted by Crippen LogP contribution is 2.39. The molecule has 0 radical (unpaired) electrons. The fourth-order valence-corrected chi connectivity index (χ4v) is 4.44. The maximum Gasteiger partial charge on any atom is 0.0488 e. The summed E-state index contributed by atoms with van der Waals surface area (Å²) >= 11 is 0. The van der Waals surface area contributed by atoms with E-state index < -0.39 is 0 Å². The van der Waals surface area contributed by atoms with Crippen LogP contribution in [-0.2, 0) is 13.6 Å². The summed E-state index contributed by atoms with van der Waals surface area (Å²) in [5.41, 5.74) is 8.94. The molecule has 3 nitrogen and oxygen atoms in total. The lowest BCUT2D eigenvalue weighted by Crippen LogP contribution is -2.17. The van der Waals surface area contributed by atoms with Crippen LogP contribution in [0.4, 0.5) is 11.4 Å². The van der Waals surface area contributed by atoms with Gasteiger partial charge < -0.3 is 14.4 Å². The van der Waals surface area contributed by atoms with Crippen LogP contribution in [-0.4, -0.2) is 17.7 Å². The maximum absolute atomic E-state index is 4.43. The summed E-state index contributed by atoms with van der Waals surface area (Å²) in [6.45, 7) is 9.85. The quantitative estimate of drug-likeness (QED) is 0.643. The first kappa shape index (κ1) is 15.6. The van der Waals surface area contributed by atoms with Crippen LogP contribution in [0.25, 0.3) is 16.6 Å². The zero-order valence-corrected chi connectivity index (χ0v) is 15.6. The van der Waals surface area contributed by atoms with E-state index in [-0.39, 0.29) is 0 Å². The molecule has 1 saturated heterocycles.